The van der Waals surface area contributed by atoms with E-state index in [2.05, 4.69) is 60.8 Å². The second-order valence-corrected chi connectivity index (χ2v) is 8.77. The quantitative estimate of drug-likeness (QED) is 0.490. The summed E-state index contributed by atoms with van der Waals surface area (Å²) in [5.74, 6) is 0.778. The highest BCUT2D eigenvalue weighted by Crippen LogP contribution is 2.24. The molecule has 3 aromatic rings. The Morgan fingerprint density at radius 3 is 2.43 bits per heavy atom. The SMILES string of the molecule is CC(=O)N1CCN(C(=O)OCCOc2cccc(CN[C@@H](C)c3cccc4ccccc34)c2)CC1. The normalized spacial score (nSPS) is 14.6. The maximum absolute atomic E-state index is 12.2. The summed E-state index contributed by atoms with van der Waals surface area (Å²) in [5.41, 5.74) is 2.40. The summed E-state index contributed by atoms with van der Waals surface area (Å²) in [4.78, 5) is 27.0. The first-order valence-corrected chi connectivity index (χ1v) is 12.1. The van der Waals surface area contributed by atoms with E-state index in [1.54, 1.807) is 16.7 Å². The molecule has 0 spiro atoms. The minimum Gasteiger partial charge on any atom is -0.490 e. The zero-order valence-corrected chi connectivity index (χ0v) is 20.4. The minimum atomic E-state index is -0.364. The van der Waals surface area contributed by atoms with Gasteiger partial charge in [-0.15, -0.1) is 0 Å². The average Bonchev–Trinajstić information content (AvgIpc) is 2.89. The number of hydrogen-bond acceptors (Lipinski definition) is 5. The lowest BCUT2D eigenvalue weighted by Gasteiger charge is -2.33. The molecule has 35 heavy (non-hydrogen) atoms. The van der Waals surface area contributed by atoms with Crippen LogP contribution >= 0.6 is 0 Å². The molecule has 0 saturated carbocycles. The Hall–Kier alpha value is -3.58. The number of carbonyl (C=O) groups is 2. The number of fused-ring (bicyclic) bond motifs is 1. The zero-order valence-electron chi connectivity index (χ0n) is 20.4. The second-order valence-electron chi connectivity index (χ2n) is 8.77. The van der Waals surface area contributed by atoms with Crippen molar-refractivity contribution in [2.45, 2.75) is 26.4 Å². The molecule has 1 heterocycles. The summed E-state index contributed by atoms with van der Waals surface area (Å²) in [5, 5.41) is 6.12. The maximum atomic E-state index is 12.2. The van der Waals surface area contributed by atoms with E-state index in [-0.39, 0.29) is 31.3 Å². The van der Waals surface area contributed by atoms with E-state index in [4.69, 9.17) is 9.47 Å². The molecule has 1 atom stereocenters. The molecule has 184 valence electrons. The van der Waals surface area contributed by atoms with E-state index in [1.807, 2.05) is 18.2 Å². The van der Waals surface area contributed by atoms with Crippen LogP contribution in [0.2, 0.25) is 0 Å². The molecule has 7 nitrogen and oxygen atoms in total. The van der Waals surface area contributed by atoms with Gasteiger partial charge in [-0.2, -0.15) is 0 Å². The Morgan fingerprint density at radius 1 is 0.914 bits per heavy atom. The summed E-state index contributed by atoms with van der Waals surface area (Å²) in [6.07, 6.45) is -0.364. The Labute approximate surface area is 206 Å². The van der Waals surface area contributed by atoms with Gasteiger partial charge in [-0.3, -0.25) is 4.79 Å². The topological polar surface area (TPSA) is 71.1 Å². The Morgan fingerprint density at radius 2 is 1.63 bits per heavy atom. The van der Waals surface area contributed by atoms with Gasteiger partial charge in [0, 0.05) is 45.7 Å². The van der Waals surface area contributed by atoms with Gasteiger partial charge < -0.3 is 24.6 Å². The standard InChI is InChI=1S/C28H33N3O4/c1-21(26-12-6-9-24-8-3-4-11-27(24)26)29-20-23-7-5-10-25(19-23)34-17-18-35-28(33)31-15-13-30(14-16-31)22(2)32/h3-12,19,21,29H,13-18,20H2,1-2H3/t21-/m0/s1. The molecule has 7 heteroatoms. The van der Waals surface area contributed by atoms with Crippen LogP contribution in [-0.2, 0) is 16.1 Å². The zero-order chi connectivity index (χ0) is 24.6. The molecule has 1 aliphatic rings. The lowest BCUT2D eigenvalue weighted by molar-refractivity contribution is -0.130. The molecule has 1 N–H and O–H groups in total. The highest BCUT2D eigenvalue weighted by atomic mass is 16.6. The van der Waals surface area contributed by atoms with Crippen LogP contribution in [0, 0.1) is 0 Å². The van der Waals surface area contributed by atoms with Crippen molar-refractivity contribution in [3.05, 3.63) is 77.9 Å². The molecule has 1 aliphatic heterocycles. The van der Waals surface area contributed by atoms with Crippen LogP contribution in [0.15, 0.2) is 66.7 Å². The summed E-state index contributed by atoms with van der Waals surface area (Å²) < 4.78 is 11.1. The average molecular weight is 476 g/mol. The van der Waals surface area contributed by atoms with Gasteiger partial charge in [0.1, 0.15) is 19.0 Å². The number of piperazine rings is 1. The molecule has 2 amide bonds. The van der Waals surface area contributed by atoms with E-state index in [9.17, 15) is 9.59 Å². The van der Waals surface area contributed by atoms with Crippen LogP contribution in [0.3, 0.4) is 0 Å². The van der Waals surface area contributed by atoms with Crippen molar-refractivity contribution in [1.82, 2.24) is 15.1 Å². The number of rotatable bonds is 8. The summed E-state index contributed by atoms with van der Waals surface area (Å²) in [6, 6.07) is 23.0. The molecule has 1 saturated heterocycles. The van der Waals surface area contributed by atoms with Gasteiger partial charge in [0.05, 0.1) is 0 Å². The van der Waals surface area contributed by atoms with Gasteiger partial charge in [0.15, 0.2) is 0 Å². The number of carbonyl (C=O) groups excluding carboxylic acids is 2. The molecule has 0 bridgehead atoms. The molecule has 0 radical (unpaired) electrons. The van der Waals surface area contributed by atoms with E-state index in [0.29, 0.717) is 32.7 Å². The number of nitrogens with one attached hydrogen (secondary N) is 1. The van der Waals surface area contributed by atoms with Crippen molar-refractivity contribution in [2.75, 3.05) is 39.4 Å². The first kappa shape index (κ1) is 24.5. The Bertz CT molecular complexity index is 1150. The predicted molar refractivity (Wildman–Crippen MR) is 136 cm³/mol. The van der Waals surface area contributed by atoms with E-state index >= 15 is 0 Å². The summed E-state index contributed by atoms with van der Waals surface area (Å²) in [6.45, 7) is 6.95. The van der Waals surface area contributed by atoms with Crippen molar-refractivity contribution < 1.29 is 19.1 Å². The lowest BCUT2D eigenvalue weighted by Crippen LogP contribution is -2.50. The number of benzene rings is 3. The van der Waals surface area contributed by atoms with E-state index in [1.165, 1.54) is 16.3 Å². The summed E-state index contributed by atoms with van der Waals surface area (Å²) in [7, 11) is 0. The Kier molecular flexibility index (Phi) is 8.21. The van der Waals surface area contributed by atoms with Crippen molar-refractivity contribution in [3.63, 3.8) is 0 Å². The highest BCUT2D eigenvalue weighted by molar-refractivity contribution is 5.86. The molecule has 0 unspecified atom stereocenters. The van der Waals surface area contributed by atoms with Gasteiger partial charge in [-0.05, 0) is 41.0 Å². The van der Waals surface area contributed by atoms with Crippen LogP contribution in [0.1, 0.15) is 31.0 Å². The molecule has 0 aromatic heterocycles. The third kappa shape index (κ3) is 6.51. The molecular formula is C28H33N3O4. The van der Waals surface area contributed by atoms with Crippen molar-refractivity contribution in [1.29, 1.82) is 0 Å². The smallest absolute Gasteiger partial charge is 0.410 e. The molecule has 0 aliphatic carbocycles. The predicted octanol–water partition coefficient (Wildman–Crippen LogP) is 4.37. The minimum absolute atomic E-state index is 0.0341. The largest absolute Gasteiger partial charge is 0.490 e. The fourth-order valence-corrected chi connectivity index (χ4v) is 4.34. The Balaban J connectivity index is 1.21. The van der Waals surface area contributed by atoms with E-state index in [0.717, 1.165) is 11.3 Å². The van der Waals surface area contributed by atoms with Crippen LogP contribution in [0.25, 0.3) is 10.8 Å². The fraction of sp³-hybridized carbons (Fsp3) is 0.357. The van der Waals surface area contributed by atoms with Crippen molar-refractivity contribution >= 4 is 22.8 Å². The first-order valence-electron chi connectivity index (χ1n) is 12.1. The van der Waals surface area contributed by atoms with Gasteiger partial charge in [-0.1, -0.05) is 54.6 Å². The number of ether oxygens (including phenoxy) is 2. The van der Waals surface area contributed by atoms with Crippen LogP contribution in [0.5, 0.6) is 5.75 Å². The number of nitrogens with zero attached hydrogens (tertiary/aromatic N) is 2. The van der Waals surface area contributed by atoms with Crippen molar-refractivity contribution in [3.8, 4) is 5.75 Å². The van der Waals surface area contributed by atoms with Gasteiger partial charge in [-0.25, -0.2) is 4.79 Å². The molecule has 3 aromatic carbocycles. The number of amides is 2. The van der Waals surface area contributed by atoms with Crippen LogP contribution < -0.4 is 10.1 Å². The third-order valence-corrected chi connectivity index (χ3v) is 6.36. The van der Waals surface area contributed by atoms with Gasteiger partial charge >= 0.3 is 6.09 Å². The fourth-order valence-electron chi connectivity index (χ4n) is 4.34. The second kappa shape index (κ2) is 11.7. The number of hydrogen-bond donors (Lipinski definition) is 1. The first-order chi connectivity index (χ1) is 17.0. The molecule has 1 fully saturated rings. The van der Waals surface area contributed by atoms with Gasteiger partial charge in [0.25, 0.3) is 0 Å². The third-order valence-electron chi connectivity index (χ3n) is 6.36. The molecular weight excluding hydrogens is 442 g/mol. The van der Waals surface area contributed by atoms with Crippen LogP contribution in [-0.4, -0.2) is 61.2 Å². The van der Waals surface area contributed by atoms with E-state index < -0.39 is 0 Å². The maximum Gasteiger partial charge on any atom is 0.410 e. The van der Waals surface area contributed by atoms with Gasteiger partial charge in [0.2, 0.25) is 5.91 Å². The lowest BCUT2D eigenvalue weighted by atomic mass is 9.99. The highest BCUT2D eigenvalue weighted by Gasteiger charge is 2.23. The van der Waals surface area contributed by atoms with Crippen LogP contribution in [0.4, 0.5) is 4.79 Å². The monoisotopic (exact) mass is 475 g/mol. The summed E-state index contributed by atoms with van der Waals surface area (Å²) >= 11 is 0. The molecule has 4 rings (SSSR count). The van der Waals surface area contributed by atoms with Crippen molar-refractivity contribution in [2.24, 2.45) is 0 Å².